The van der Waals surface area contributed by atoms with E-state index in [0.29, 0.717) is 5.15 Å². The first-order valence-electron chi connectivity index (χ1n) is 3.38. The Morgan fingerprint density at radius 2 is 2.18 bits per heavy atom. The van der Waals surface area contributed by atoms with Crippen molar-refractivity contribution in [2.24, 2.45) is 0 Å². The maximum absolute atomic E-state index is 5.89. The van der Waals surface area contributed by atoms with E-state index in [-0.39, 0.29) is 5.38 Å². The fourth-order valence-electron chi connectivity index (χ4n) is 1.01. The quantitative estimate of drug-likeness (QED) is 0.488. The van der Waals surface area contributed by atoms with Crippen LogP contribution in [0.4, 0.5) is 0 Å². The predicted octanol–water partition coefficient (Wildman–Crippen LogP) is 3.34. The van der Waals surface area contributed by atoms with Gasteiger partial charge in [-0.1, -0.05) is 11.6 Å². The molecule has 11 heavy (non-hydrogen) atoms. The average molecular weight is 190 g/mol. The van der Waals surface area contributed by atoms with E-state index < -0.39 is 0 Å². The molecule has 0 aromatic carbocycles. The van der Waals surface area contributed by atoms with Gasteiger partial charge in [-0.25, -0.2) is 4.98 Å². The van der Waals surface area contributed by atoms with E-state index in [1.807, 2.05) is 19.9 Å². The van der Waals surface area contributed by atoms with Crippen LogP contribution in [0.2, 0.25) is 5.15 Å². The van der Waals surface area contributed by atoms with E-state index in [2.05, 4.69) is 4.98 Å². The summed E-state index contributed by atoms with van der Waals surface area (Å²) in [6.45, 7) is 3.86. The molecule has 1 unspecified atom stereocenters. The first-order chi connectivity index (χ1) is 5.13. The lowest BCUT2D eigenvalue weighted by Crippen LogP contribution is -1.92. The molecule has 0 N–H and O–H groups in total. The second-order valence-corrected chi connectivity index (χ2v) is 3.46. The second kappa shape index (κ2) is 3.42. The zero-order chi connectivity index (χ0) is 8.43. The highest BCUT2D eigenvalue weighted by Crippen LogP contribution is 2.28. The third-order valence-corrected chi connectivity index (χ3v) is 2.08. The Hall–Kier alpha value is -0.270. The van der Waals surface area contributed by atoms with Gasteiger partial charge in [0.1, 0.15) is 5.15 Å². The minimum absolute atomic E-state index is 0.0730. The Kier molecular flexibility index (Phi) is 2.74. The van der Waals surface area contributed by atoms with Gasteiger partial charge in [-0.05, 0) is 25.5 Å². The Balaban J connectivity index is 3.21. The molecular weight excluding hydrogens is 181 g/mol. The molecule has 0 amide bonds. The summed E-state index contributed by atoms with van der Waals surface area (Å²) in [5.74, 6) is 0. The van der Waals surface area contributed by atoms with Crippen molar-refractivity contribution in [3.8, 4) is 0 Å². The van der Waals surface area contributed by atoms with Crippen LogP contribution in [0.5, 0.6) is 0 Å². The van der Waals surface area contributed by atoms with Gasteiger partial charge in [0.15, 0.2) is 0 Å². The summed E-state index contributed by atoms with van der Waals surface area (Å²) in [6.07, 6.45) is 1.68. The van der Waals surface area contributed by atoms with Crippen LogP contribution in [0.3, 0.4) is 0 Å². The molecule has 1 atom stereocenters. The van der Waals surface area contributed by atoms with Crippen LogP contribution in [0, 0.1) is 6.92 Å². The minimum atomic E-state index is -0.0730. The Labute approximate surface area is 76.4 Å². The van der Waals surface area contributed by atoms with E-state index in [1.165, 1.54) is 0 Å². The Bertz CT molecular complexity index is 238. The Morgan fingerprint density at radius 1 is 1.55 bits per heavy atom. The van der Waals surface area contributed by atoms with Crippen LogP contribution < -0.4 is 0 Å². The molecule has 1 rings (SSSR count). The molecule has 1 aromatic heterocycles. The lowest BCUT2D eigenvalue weighted by molar-refractivity contribution is 1.03. The summed E-state index contributed by atoms with van der Waals surface area (Å²) in [4.78, 5) is 3.94. The van der Waals surface area contributed by atoms with Crippen molar-refractivity contribution >= 4 is 23.2 Å². The topological polar surface area (TPSA) is 12.9 Å². The summed E-state index contributed by atoms with van der Waals surface area (Å²) >= 11 is 11.7. The van der Waals surface area contributed by atoms with Gasteiger partial charge in [-0.3, -0.25) is 0 Å². The summed E-state index contributed by atoms with van der Waals surface area (Å²) in [7, 11) is 0. The molecule has 60 valence electrons. The van der Waals surface area contributed by atoms with Crippen molar-refractivity contribution < 1.29 is 0 Å². The highest BCUT2D eigenvalue weighted by atomic mass is 35.5. The molecule has 3 heteroatoms. The number of alkyl halides is 1. The van der Waals surface area contributed by atoms with Gasteiger partial charge in [-0.2, -0.15) is 0 Å². The standard InChI is InChI=1S/C8H9Cl2N/c1-5-3-4-11-8(10)7(5)6(2)9/h3-4,6H,1-2H3. The fourth-order valence-corrected chi connectivity index (χ4v) is 1.71. The van der Waals surface area contributed by atoms with Crippen LogP contribution in [0.1, 0.15) is 23.4 Å². The molecule has 0 aliphatic rings. The zero-order valence-electron chi connectivity index (χ0n) is 6.44. The van der Waals surface area contributed by atoms with E-state index in [4.69, 9.17) is 23.2 Å². The minimum Gasteiger partial charge on any atom is -0.244 e. The number of hydrogen-bond acceptors (Lipinski definition) is 1. The molecule has 0 aliphatic heterocycles. The van der Waals surface area contributed by atoms with Gasteiger partial charge in [0, 0.05) is 11.8 Å². The maximum atomic E-state index is 5.89. The molecule has 0 saturated heterocycles. The number of aryl methyl sites for hydroxylation is 1. The fraction of sp³-hybridized carbons (Fsp3) is 0.375. The average Bonchev–Trinajstić information content (AvgIpc) is 1.85. The largest absolute Gasteiger partial charge is 0.244 e. The number of halogens is 2. The molecule has 0 aliphatic carbocycles. The van der Waals surface area contributed by atoms with Crippen LogP contribution in [0.25, 0.3) is 0 Å². The number of rotatable bonds is 1. The third-order valence-electron chi connectivity index (χ3n) is 1.56. The smallest absolute Gasteiger partial charge is 0.133 e. The van der Waals surface area contributed by atoms with Crippen molar-refractivity contribution in [2.45, 2.75) is 19.2 Å². The van der Waals surface area contributed by atoms with Crippen molar-refractivity contribution in [3.05, 3.63) is 28.5 Å². The predicted molar refractivity (Wildman–Crippen MR) is 48.3 cm³/mol. The molecule has 1 aromatic rings. The summed E-state index contributed by atoms with van der Waals surface area (Å²) in [5, 5.41) is 0.434. The lowest BCUT2D eigenvalue weighted by atomic mass is 10.1. The monoisotopic (exact) mass is 189 g/mol. The van der Waals surface area contributed by atoms with Gasteiger partial charge in [0.2, 0.25) is 0 Å². The van der Waals surface area contributed by atoms with E-state index >= 15 is 0 Å². The lowest BCUT2D eigenvalue weighted by Gasteiger charge is -2.07. The molecule has 1 nitrogen and oxygen atoms in total. The van der Waals surface area contributed by atoms with Crippen molar-refractivity contribution in [1.29, 1.82) is 0 Å². The van der Waals surface area contributed by atoms with Crippen LogP contribution in [0.15, 0.2) is 12.3 Å². The first-order valence-corrected chi connectivity index (χ1v) is 4.19. The maximum Gasteiger partial charge on any atom is 0.133 e. The SMILES string of the molecule is Cc1ccnc(Cl)c1C(C)Cl. The molecule has 0 bridgehead atoms. The summed E-state index contributed by atoms with van der Waals surface area (Å²) in [6, 6.07) is 1.90. The molecule has 1 heterocycles. The molecule has 0 radical (unpaired) electrons. The molecule has 0 fully saturated rings. The molecule has 0 spiro atoms. The molecular formula is C8H9Cl2N. The zero-order valence-corrected chi connectivity index (χ0v) is 7.95. The third kappa shape index (κ3) is 1.85. The van der Waals surface area contributed by atoms with Crippen LogP contribution >= 0.6 is 23.2 Å². The highest BCUT2D eigenvalue weighted by Gasteiger charge is 2.09. The van der Waals surface area contributed by atoms with Crippen molar-refractivity contribution in [2.75, 3.05) is 0 Å². The van der Waals surface area contributed by atoms with Gasteiger partial charge in [0.05, 0.1) is 5.38 Å². The van der Waals surface area contributed by atoms with E-state index in [1.54, 1.807) is 6.20 Å². The van der Waals surface area contributed by atoms with Crippen LogP contribution in [-0.2, 0) is 0 Å². The molecule has 0 saturated carbocycles. The normalized spacial score (nSPS) is 13.1. The van der Waals surface area contributed by atoms with Crippen molar-refractivity contribution in [1.82, 2.24) is 4.98 Å². The Morgan fingerprint density at radius 3 is 2.55 bits per heavy atom. The van der Waals surface area contributed by atoms with E-state index in [0.717, 1.165) is 11.1 Å². The van der Waals surface area contributed by atoms with Gasteiger partial charge >= 0.3 is 0 Å². The number of nitrogens with zero attached hydrogens (tertiary/aromatic N) is 1. The highest BCUT2D eigenvalue weighted by molar-refractivity contribution is 6.31. The van der Waals surface area contributed by atoms with Crippen LogP contribution in [-0.4, -0.2) is 4.98 Å². The number of aromatic nitrogens is 1. The number of pyridine rings is 1. The number of hydrogen-bond donors (Lipinski definition) is 0. The van der Waals surface area contributed by atoms with E-state index in [9.17, 15) is 0 Å². The second-order valence-electron chi connectivity index (χ2n) is 2.45. The van der Waals surface area contributed by atoms with Gasteiger partial charge in [-0.15, -0.1) is 11.6 Å². The summed E-state index contributed by atoms with van der Waals surface area (Å²) in [5.41, 5.74) is 2.02. The van der Waals surface area contributed by atoms with Crippen molar-refractivity contribution in [3.63, 3.8) is 0 Å². The first kappa shape index (κ1) is 8.82. The van der Waals surface area contributed by atoms with Gasteiger partial charge < -0.3 is 0 Å². The van der Waals surface area contributed by atoms with Gasteiger partial charge in [0.25, 0.3) is 0 Å². The summed E-state index contributed by atoms with van der Waals surface area (Å²) < 4.78 is 0.